The molecule has 0 N–H and O–H groups in total. The largest absolute Gasteiger partial charge is 0.313 e. The number of allylic oxidation sites excluding steroid dienone is 4. The minimum atomic E-state index is -0.119. The molecule has 3 heterocycles. The van der Waals surface area contributed by atoms with Crippen LogP contribution in [0.3, 0.4) is 0 Å². The molecule has 0 bridgehead atoms. The summed E-state index contributed by atoms with van der Waals surface area (Å²) in [6.45, 7) is 4.80. The Morgan fingerprint density at radius 3 is 1.89 bits per heavy atom. The summed E-state index contributed by atoms with van der Waals surface area (Å²) >= 11 is 1.93. The second-order valence-corrected chi connectivity index (χ2v) is 16.7. The average molecular weight is 709 g/mol. The van der Waals surface area contributed by atoms with E-state index in [4.69, 9.17) is 0 Å². The predicted molar refractivity (Wildman–Crippen MR) is 232 cm³/mol. The van der Waals surface area contributed by atoms with E-state index in [2.05, 4.69) is 181 Å². The van der Waals surface area contributed by atoms with Crippen LogP contribution in [0.4, 0.5) is 0 Å². The third-order valence-electron chi connectivity index (χ3n) is 12.4. The van der Waals surface area contributed by atoms with Crippen molar-refractivity contribution >= 4 is 80.8 Å². The van der Waals surface area contributed by atoms with Crippen LogP contribution in [-0.4, -0.2) is 9.13 Å². The molecule has 3 heteroatoms. The molecule has 2 nitrogen and oxygen atoms in total. The third kappa shape index (κ3) is 4.05. The molecule has 0 radical (unpaired) electrons. The lowest BCUT2D eigenvalue weighted by atomic mass is 9.82. The number of benzene rings is 7. The molecule has 2 aliphatic carbocycles. The molecule has 0 saturated heterocycles. The molecule has 0 aliphatic heterocycles. The first-order valence-corrected chi connectivity index (χ1v) is 19.9. The number of hydrogen-bond acceptors (Lipinski definition) is 1. The van der Waals surface area contributed by atoms with Gasteiger partial charge in [-0.25, -0.2) is 0 Å². The van der Waals surface area contributed by atoms with Gasteiger partial charge in [-0.05, 0) is 89.2 Å². The first kappa shape index (κ1) is 30.3. The Morgan fingerprint density at radius 2 is 1.17 bits per heavy atom. The van der Waals surface area contributed by atoms with Gasteiger partial charge in [0.2, 0.25) is 0 Å². The Balaban J connectivity index is 1.06. The molecule has 0 atom stereocenters. The van der Waals surface area contributed by atoms with Crippen LogP contribution in [0.15, 0.2) is 158 Å². The van der Waals surface area contributed by atoms with E-state index in [-0.39, 0.29) is 5.41 Å². The highest BCUT2D eigenvalue weighted by Gasteiger charge is 2.37. The van der Waals surface area contributed by atoms with E-state index in [9.17, 15) is 0 Å². The standard InChI is InChI=1S/C51H36N2S/c1-51(2)42-27-26-40-39-16-8-11-19-48(39)54-50(40)49(42)41-25-22-34(30-43(41)51)53-45-18-10-7-15-36(45)38-24-21-32(29-47(38)53)31-20-23-37-35-14-6-9-17-44(35)52(46(37)28-31)33-12-4-3-5-13-33/h3-4,6-12,14-30H,5,13H2,1-2H3. The Hall–Kier alpha value is -6.16. The van der Waals surface area contributed by atoms with Gasteiger partial charge in [-0.3, -0.25) is 0 Å². The van der Waals surface area contributed by atoms with Crippen molar-refractivity contribution in [1.29, 1.82) is 0 Å². The van der Waals surface area contributed by atoms with Crippen molar-refractivity contribution in [2.75, 3.05) is 0 Å². The molecule has 0 saturated carbocycles. The van der Waals surface area contributed by atoms with Gasteiger partial charge in [0.25, 0.3) is 0 Å². The fourth-order valence-corrected chi connectivity index (χ4v) is 11.1. The topological polar surface area (TPSA) is 9.86 Å². The summed E-state index contributed by atoms with van der Waals surface area (Å²) in [6, 6.07) is 52.7. The van der Waals surface area contributed by atoms with Crippen LogP contribution in [0.5, 0.6) is 0 Å². The van der Waals surface area contributed by atoms with Crippen LogP contribution >= 0.6 is 11.3 Å². The highest BCUT2D eigenvalue weighted by molar-refractivity contribution is 7.26. The molecule has 256 valence electrons. The van der Waals surface area contributed by atoms with Crippen LogP contribution < -0.4 is 0 Å². The van der Waals surface area contributed by atoms with Crippen molar-refractivity contribution in [3.8, 4) is 27.9 Å². The number of rotatable bonds is 3. The zero-order valence-electron chi connectivity index (χ0n) is 30.2. The van der Waals surface area contributed by atoms with Gasteiger partial charge in [0, 0.05) is 64.1 Å². The molecule has 10 aromatic rings. The second kappa shape index (κ2) is 10.9. The van der Waals surface area contributed by atoms with Gasteiger partial charge in [-0.1, -0.05) is 123 Å². The lowest BCUT2D eigenvalue weighted by molar-refractivity contribution is 0.660. The molecule has 54 heavy (non-hydrogen) atoms. The lowest BCUT2D eigenvalue weighted by Crippen LogP contribution is -2.15. The molecule has 2 aliphatic rings. The van der Waals surface area contributed by atoms with E-state index >= 15 is 0 Å². The molecular weight excluding hydrogens is 673 g/mol. The number of aromatic nitrogens is 2. The minimum absolute atomic E-state index is 0.119. The van der Waals surface area contributed by atoms with Crippen molar-refractivity contribution in [3.05, 3.63) is 169 Å². The SMILES string of the molecule is CC1(C)c2cc(-n3c4ccccc4c4ccc(-c5ccc6c7ccccc7n(C7=CC=CCC7)c6c5)cc43)ccc2-c2c1ccc1c2sc2ccccc21. The Morgan fingerprint density at radius 1 is 0.537 bits per heavy atom. The number of thiophene rings is 1. The summed E-state index contributed by atoms with van der Waals surface area (Å²) in [5.74, 6) is 0. The summed E-state index contributed by atoms with van der Waals surface area (Å²) in [4.78, 5) is 0. The van der Waals surface area contributed by atoms with Crippen LogP contribution in [0.25, 0.3) is 97.4 Å². The van der Waals surface area contributed by atoms with E-state index in [1.54, 1.807) is 0 Å². The summed E-state index contributed by atoms with van der Waals surface area (Å²) < 4.78 is 7.75. The van der Waals surface area contributed by atoms with Crippen molar-refractivity contribution in [2.24, 2.45) is 0 Å². The number of para-hydroxylation sites is 2. The number of hydrogen-bond donors (Lipinski definition) is 0. The van der Waals surface area contributed by atoms with Gasteiger partial charge < -0.3 is 9.13 Å². The summed E-state index contributed by atoms with van der Waals surface area (Å²) in [5.41, 5.74) is 15.5. The van der Waals surface area contributed by atoms with Gasteiger partial charge in [0.05, 0.1) is 22.1 Å². The van der Waals surface area contributed by atoms with Gasteiger partial charge >= 0.3 is 0 Å². The van der Waals surface area contributed by atoms with Crippen LogP contribution in [-0.2, 0) is 5.41 Å². The predicted octanol–water partition coefficient (Wildman–Crippen LogP) is 14.4. The third-order valence-corrected chi connectivity index (χ3v) is 13.6. The van der Waals surface area contributed by atoms with Crippen LogP contribution in [0, 0.1) is 0 Å². The second-order valence-electron chi connectivity index (χ2n) is 15.6. The zero-order chi connectivity index (χ0) is 35.7. The van der Waals surface area contributed by atoms with Gasteiger partial charge in [0.1, 0.15) is 0 Å². The fraction of sp³-hybridized carbons (Fsp3) is 0.0980. The number of nitrogens with zero attached hydrogens (tertiary/aromatic N) is 2. The van der Waals surface area contributed by atoms with E-state index < -0.39 is 0 Å². The lowest BCUT2D eigenvalue weighted by Gasteiger charge is -2.22. The average Bonchev–Trinajstić information content (AvgIpc) is 3.93. The fourth-order valence-electron chi connectivity index (χ4n) is 9.79. The molecule has 0 amide bonds. The maximum Gasteiger partial charge on any atom is 0.0547 e. The summed E-state index contributed by atoms with van der Waals surface area (Å²) in [6.07, 6.45) is 8.87. The van der Waals surface area contributed by atoms with Crippen molar-refractivity contribution in [3.63, 3.8) is 0 Å². The Kier molecular flexibility index (Phi) is 6.14. The first-order valence-electron chi connectivity index (χ1n) is 19.1. The maximum absolute atomic E-state index is 2.50. The van der Waals surface area contributed by atoms with E-state index in [1.165, 1.54) is 109 Å². The van der Waals surface area contributed by atoms with E-state index in [0.717, 1.165) is 12.8 Å². The minimum Gasteiger partial charge on any atom is -0.313 e. The van der Waals surface area contributed by atoms with Crippen molar-refractivity contribution < 1.29 is 0 Å². The van der Waals surface area contributed by atoms with Gasteiger partial charge in [-0.15, -0.1) is 11.3 Å². The maximum atomic E-state index is 2.50. The Bertz CT molecular complexity index is 3300. The molecule has 12 rings (SSSR count). The highest BCUT2D eigenvalue weighted by Crippen LogP contribution is 2.54. The molecule has 0 unspecified atom stereocenters. The van der Waals surface area contributed by atoms with Crippen molar-refractivity contribution in [1.82, 2.24) is 9.13 Å². The zero-order valence-corrected chi connectivity index (χ0v) is 31.0. The molecular formula is C51H36N2S. The van der Waals surface area contributed by atoms with Crippen LogP contribution in [0.2, 0.25) is 0 Å². The number of fused-ring (bicyclic) bond motifs is 13. The summed E-state index contributed by atoms with van der Waals surface area (Å²) in [7, 11) is 0. The summed E-state index contributed by atoms with van der Waals surface area (Å²) in [5, 5.41) is 7.88. The first-order chi connectivity index (χ1) is 26.5. The Labute approximate surface area is 317 Å². The normalized spacial score (nSPS) is 14.9. The highest BCUT2D eigenvalue weighted by atomic mass is 32.1. The van der Waals surface area contributed by atoms with E-state index in [1.807, 2.05) is 11.3 Å². The molecule has 0 spiro atoms. The molecule has 0 fully saturated rings. The molecule has 3 aromatic heterocycles. The van der Waals surface area contributed by atoms with Crippen molar-refractivity contribution in [2.45, 2.75) is 32.1 Å². The van der Waals surface area contributed by atoms with Crippen LogP contribution in [0.1, 0.15) is 37.8 Å². The van der Waals surface area contributed by atoms with Gasteiger partial charge in [0.15, 0.2) is 0 Å². The quantitative estimate of drug-likeness (QED) is 0.173. The van der Waals surface area contributed by atoms with E-state index in [0.29, 0.717) is 0 Å². The molecule has 7 aromatic carbocycles. The monoisotopic (exact) mass is 708 g/mol. The van der Waals surface area contributed by atoms with Gasteiger partial charge in [-0.2, -0.15) is 0 Å². The smallest absolute Gasteiger partial charge is 0.0547 e.